The van der Waals surface area contributed by atoms with Crippen molar-refractivity contribution in [3.05, 3.63) is 38.5 Å². The lowest BCUT2D eigenvalue weighted by molar-refractivity contribution is 0.781. The van der Waals surface area contributed by atoms with Gasteiger partial charge in [-0.3, -0.25) is 0 Å². The van der Waals surface area contributed by atoms with Gasteiger partial charge in [0.1, 0.15) is 0 Å². The molecule has 0 saturated carbocycles. The van der Waals surface area contributed by atoms with Crippen molar-refractivity contribution in [3.63, 3.8) is 0 Å². The zero-order valence-corrected chi connectivity index (χ0v) is 17.8. The molecule has 2 aromatic heterocycles. The van der Waals surface area contributed by atoms with E-state index in [4.69, 9.17) is 0 Å². The maximum absolute atomic E-state index is 4.66. The van der Waals surface area contributed by atoms with Crippen LogP contribution in [0, 0.1) is 0 Å². The third-order valence-corrected chi connectivity index (χ3v) is 5.11. The Hall–Kier alpha value is -0.670. The van der Waals surface area contributed by atoms with E-state index in [0.717, 1.165) is 37.7 Å². The summed E-state index contributed by atoms with van der Waals surface area (Å²) in [5.74, 6) is 1.38. The van der Waals surface area contributed by atoms with Gasteiger partial charge in [-0.25, -0.2) is 9.98 Å². The Morgan fingerprint density at radius 1 is 1.30 bits per heavy atom. The third kappa shape index (κ3) is 7.17. The van der Waals surface area contributed by atoms with Crippen molar-refractivity contribution in [1.82, 2.24) is 15.6 Å². The molecule has 0 aliphatic rings. The van der Waals surface area contributed by atoms with Crippen molar-refractivity contribution in [2.45, 2.75) is 39.7 Å². The van der Waals surface area contributed by atoms with Gasteiger partial charge in [0.05, 0.1) is 17.2 Å². The predicted molar refractivity (Wildman–Crippen MR) is 112 cm³/mol. The van der Waals surface area contributed by atoms with Gasteiger partial charge in [0.25, 0.3) is 0 Å². The Labute approximate surface area is 163 Å². The van der Waals surface area contributed by atoms with Crippen LogP contribution in [0.4, 0.5) is 0 Å². The molecule has 2 N–H and O–H groups in total. The van der Waals surface area contributed by atoms with Crippen LogP contribution in [0.2, 0.25) is 0 Å². The molecule has 2 rings (SSSR count). The van der Waals surface area contributed by atoms with Crippen molar-refractivity contribution < 1.29 is 0 Å². The monoisotopic (exact) mass is 464 g/mol. The number of aromatic nitrogens is 1. The number of halogens is 1. The fourth-order valence-corrected chi connectivity index (χ4v) is 3.41. The average molecular weight is 464 g/mol. The fourth-order valence-electron chi connectivity index (χ4n) is 1.91. The zero-order valence-electron chi connectivity index (χ0n) is 13.8. The number of guanidine groups is 1. The first-order valence-electron chi connectivity index (χ1n) is 7.68. The number of hydrogen-bond acceptors (Lipinski definition) is 4. The number of nitrogens with zero attached hydrogens (tertiary/aromatic N) is 2. The number of aliphatic imine (C=N–C) groups is 1. The quantitative estimate of drug-likeness (QED) is 0.366. The van der Waals surface area contributed by atoms with Crippen molar-refractivity contribution in [3.8, 4) is 0 Å². The van der Waals surface area contributed by atoms with E-state index in [1.807, 2.05) is 0 Å². The highest BCUT2D eigenvalue weighted by Gasteiger charge is 2.06. The van der Waals surface area contributed by atoms with Gasteiger partial charge in [0.2, 0.25) is 0 Å². The molecule has 7 heteroatoms. The van der Waals surface area contributed by atoms with Crippen molar-refractivity contribution in [2.24, 2.45) is 4.99 Å². The molecule has 0 saturated heterocycles. The van der Waals surface area contributed by atoms with Gasteiger partial charge in [-0.1, -0.05) is 19.9 Å². The Bertz CT molecular complexity index is 579. The van der Waals surface area contributed by atoms with Crippen LogP contribution in [0.15, 0.2) is 27.9 Å². The largest absolute Gasteiger partial charge is 0.357 e. The lowest BCUT2D eigenvalue weighted by atomic mass is 10.2. The summed E-state index contributed by atoms with van der Waals surface area (Å²) in [5.41, 5.74) is 1.16. The van der Waals surface area contributed by atoms with Crippen molar-refractivity contribution in [2.75, 3.05) is 13.1 Å². The van der Waals surface area contributed by atoms with Crippen LogP contribution in [0.1, 0.15) is 42.3 Å². The molecule has 2 heterocycles. The molecular formula is C16H25IN4S2. The zero-order chi connectivity index (χ0) is 15.8. The van der Waals surface area contributed by atoms with E-state index in [2.05, 4.69) is 64.3 Å². The van der Waals surface area contributed by atoms with E-state index >= 15 is 0 Å². The highest BCUT2D eigenvalue weighted by Crippen LogP contribution is 2.19. The van der Waals surface area contributed by atoms with E-state index in [1.165, 1.54) is 9.88 Å². The molecule has 0 aliphatic carbocycles. The molecule has 0 unspecified atom stereocenters. The summed E-state index contributed by atoms with van der Waals surface area (Å²) in [6.07, 6.45) is 0.923. The van der Waals surface area contributed by atoms with Crippen LogP contribution in [0.3, 0.4) is 0 Å². The van der Waals surface area contributed by atoms with Gasteiger partial charge >= 0.3 is 0 Å². The van der Waals surface area contributed by atoms with Crippen LogP contribution < -0.4 is 10.6 Å². The molecule has 0 aromatic carbocycles. The molecule has 0 spiro atoms. The van der Waals surface area contributed by atoms with Crippen molar-refractivity contribution in [1.29, 1.82) is 0 Å². The maximum Gasteiger partial charge on any atom is 0.191 e. The summed E-state index contributed by atoms with van der Waals surface area (Å²) >= 11 is 3.49. The van der Waals surface area contributed by atoms with Crippen LogP contribution in [-0.2, 0) is 13.0 Å². The first-order chi connectivity index (χ1) is 10.7. The normalized spacial score (nSPS) is 11.4. The van der Waals surface area contributed by atoms with Crippen LogP contribution in [0.25, 0.3) is 0 Å². The van der Waals surface area contributed by atoms with Crippen LogP contribution >= 0.6 is 46.7 Å². The second-order valence-corrected chi connectivity index (χ2v) is 7.21. The molecule has 0 atom stereocenters. The topological polar surface area (TPSA) is 49.3 Å². The molecule has 0 aliphatic heterocycles. The molecule has 0 amide bonds. The Kier molecular flexibility index (Phi) is 9.73. The molecular weight excluding hydrogens is 439 g/mol. The Balaban J connectivity index is 0.00000264. The molecule has 2 aromatic rings. The van der Waals surface area contributed by atoms with E-state index < -0.39 is 0 Å². The van der Waals surface area contributed by atoms with E-state index in [0.29, 0.717) is 5.92 Å². The van der Waals surface area contributed by atoms with Crippen LogP contribution in [0.5, 0.6) is 0 Å². The molecule has 0 radical (unpaired) electrons. The fraction of sp³-hybridized carbons (Fsp3) is 0.500. The Morgan fingerprint density at radius 2 is 2.13 bits per heavy atom. The van der Waals surface area contributed by atoms with E-state index in [-0.39, 0.29) is 24.0 Å². The molecule has 0 fully saturated rings. The van der Waals surface area contributed by atoms with Gasteiger partial charge in [-0.05, 0) is 18.4 Å². The predicted octanol–water partition coefficient (Wildman–Crippen LogP) is 4.24. The minimum Gasteiger partial charge on any atom is -0.357 e. The van der Waals surface area contributed by atoms with Gasteiger partial charge in [0.15, 0.2) is 5.96 Å². The number of nitrogens with one attached hydrogen (secondary N) is 2. The number of hydrogen-bond donors (Lipinski definition) is 2. The lowest BCUT2D eigenvalue weighted by Gasteiger charge is -2.10. The summed E-state index contributed by atoms with van der Waals surface area (Å²) in [7, 11) is 0. The standard InChI is InChI=1S/C16H24N4S2.HI/c1-4-17-16(19-10-14-6-5-9-21-14)18-8-7-13-11-22-15(20-13)12(2)3;/h5-6,9,11-12H,4,7-8,10H2,1-3H3,(H2,17,18,19);1H. The molecule has 0 bridgehead atoms. The number of rotatable bonds is 7. The number of thiophene rings is 1. The smallest absolute Gasteiger partial charge is 0.191 e. The SMILES string of the molecule is CCNC(=NCc1cccs1)NCCc1csc(C(C)C)n1.I. The average Bonchev–Trinajstić information content (AvgIpc) is 3.16. The lowest BCUT2D eigenvalue weighted by Crippen LogP contribution is -2.38. The summed E-state index contributed by atoms with van der Waals surface area (Å²) < 4.78 is 0. The minimum atomic E-state index is 0. The molecule has 4 nitrogen and oxygen atoms in total. The van der Waals surface area contributed by atoms with Crippen LogP contribution in [-0.4, -0.2) is 24.0 Å². The molecule has 128 valence electrons. The first-order valence-corrected chi connectivity index (χ1v) is 9.43. The van der Waals surface area contributed by atoms with Gasteiger partial charge in [-0.2, -0.15) is 0 Å². The Morgan fingerprint density at radius 3 is 2.74 bits per heavy atom. The van der Waals surface area contributed by atoms with E-state index in [1.54, 1.807) is 22.7 Å². The number of thiazole rings is 1. The first kappa shape index (κ1) is 20.4. The third-order valence-electron chi connectivity index (χ3n) is 3.05. The second-order valence-electron chi connectivity index (χ2n) is 5.28. The van der Waals surface area contributed by atoms with E-state index in [9.17, 15) is 0 Å². The summed E-state index contributed by atoms with van der Waals surface area (Å²) in [5, 5.41) is 12.1. The van der Waals surface area contributed by atoms with Gasteiger partial charge in [-0.15, -0.1) is 46.7 Å². The molecule has 23 heavy (non-hydrogen) atoms. The minimum absolute atomic E-state index is 0. The van der Waals surface area contributed by atoms with Gasteiger partial charge < -0.3 is 10.6 Å². The second kappa shape index (κ2) is 11.0. The van der Waals surface area contributed by atoms with Crippen molar-refractivity contribution >= 4 is 52.6 Å². The summed E-state index contributed by atoms with van der Waals surface area (Å²) in [6, 6.07) is 4.17. The highest BCUT2D eigenvalue weighted by atomic mass is 127. The maximum atomic E-state index is 4.66. The summed E-state index contributed by atoms with van der Waals surface area (Å²) in [4.78, 5) is 10.5. The summed E-state index contributed by atoms with van der Waals surface area (Å²) in [6.45, 7) is 8.88. The van der Waals surface area contributed by atoms with Gasteiger partial charge in [0, 0.05) is 35.7 Å². The highest BCUT2D eigenvalue weighted by molar-refractivity contribution is 14.0.